The Morgan fingerprint density at radius 2 is 2.12 bits per heavy atom. The third-order valence-electron chi connectivity index (χ3n) is 3.15. The molecule has 2 heterocycles. The van der Waals surface area contributed by atoms with Gasteiger partial charge in [-0.15, -0.1) is 0 Å². The summed E-state index contributed by atoms with van der Waals surface area (Å²) in [7, 11) is 0. The second kappa shape index (κ2) is 6.03. The van der Waals surface area contributed by atoms with E-state index in [-0.39, 0.29) is 17.1 Å². The average Bonchev–Trinajstić information content (AvgIpc) is 2.87. The minimum atomic E-state index is -1.21. The zero-order valence-electron chi connectivity index (χ0n) is 11.6. The number of nitro benzene ring substituents is 1. The number of carboxylic acid groups (broad SMARTS) is 1. The van der Waals surface area contributed by atoms with Gasteiger partial charge in [0.25, 0.3) is 5.69 Å². The van der Waals surface area contributed by atoms with Gasteiger partial charge in [-0.25, -0.2) is 18.7 Å². The van der Waals surface area contributed by atoms with Crippen LogP contribution in [0.1, 0.15) is 0 Å². The zero-order valence-corrected chi connectivity index (χ0v) is 13.8. The second-order valence-corrected chi connectivity index (χ2v) is 5.77. The van der Waals surface area contributed by atoms with Crippen LogP contribution in [0.2, 0.25) is 0 Å². The van der Waals surface area contributed by atoms with E-state index in [2.05, 4.69) is 4.98 Å². The van der Waals surface area contributed by atoms with Crippen molar-refractivity contribution in [1.82, 2.24) is 9.55 Å². The smallest absolute Gasteiger partial charge is 0.417 e. The summed E-state index contributed by atoms with van der Waals surface area (Å²) in [4.78, 5) is 25.1. The van der Waals surface area contributed by atoms with E-state index in [0.717, 1.165) is 22.8 Å². The van der Waals surface area contributed by atoms with Crippen LogP contribution in [0.15, 0.2) is 36.7 Å². The van der Waals surface area contributed by atoms with Crippen molar-refractivity contribution in [1.29, 1.82) is 0 Å². The SMILES string of the molecule is O=C(O)n1cc(I)c2c(Oc3ccc([N+](=O)[O-])cc3F)ccnc21. The number of halogens is 2. The molecule has 0 fully saturated rings. The lowest BCUT2D eigenvalue weighted by molar-refractivity contribution is -0.385. The summed E-state index contributed by atoms with van der Waals surface area (Å²) in [5.41, 5.74) is -0.252. The molecule has 122 valence electrons. The molecule has 3 rings (SSSR count). The Labute approximate surface area is 146 Å². The molecule has 0 atom stereocenters. The first kappa shape index (κ1) is 16.1. The van der Waals surface area contributed by atoms with Gasteiger partial charge in [-0.2, -0.15) is 0 Å². The number of nitro groups is 1. The molecule has 0 unspecified atom stereocenters. The van der Waals surface area contributed by atoms with E-state index in [1.165, 1.54) is 18.5 Å². The minimum Gasteiger partial charge on any atom is -0.464 e. The monoisotopic (exact) mass is 443 g/mol. The predicted molar refractivity (Wildman–Crippen MR) is 89.0 cm³/mol. The molecule has 0 spiro atoms. The van der Waals surface area contributed by atoms with Gasteiger partial charge < -0.3 is 9.84 Å². The molecule has 3 aromatic rings. The van der Waals surface area contributed by atoms with Crippen molar-refractivity contribution in [2.75, 3.05) is 0 Å². The summed E-state index contributed by atoms with van der Waals surface area (Å²) in [5.74, 6) is -0.925. The van der Waals surface area contributed by atoms with Crippen LogP contribution in [0.3, 0.4) is 0 Å². The Morgan fingerprint density at radius 1 is 1.38 bits per heavy atom. The molecule has 0 saturated carbocycles. The molecular formula is C14H7FIN3O5. The van der Waals surface area contributed by atoms with Crippen molar-refractivity contribution < 1.29 is 24.0 Å². The first-order chi connectivity index (χ1) is 11.4. The average molecular weight is 443 g/mol. The number of hydrogen-bond donors (Lipinski definition) is 1. The summed E-state index contributed by atoms with van der Waals surface area (Å²) < 4.78 is 20.9. The molecule has 24 heavy (non-hydrogen) atoms. The summed E-state index contributed by atoms with van der Waals surface area (Å²) in [6.07, 6.45) is 1.48. The number of hydrogen-bond acceptors (Lipinski definition) is 5. The fourth-order valence-corrected chi connectivity index (χ4v) is 2.90. The standard InChI is InChI=1S/C14H7FIN3O5/c15-8-5-7(19(22)23)1-2-10(8)24-11-3-4-17-13-12(11)9(16)6-18(13)14(20)21/h1-6H,(H,20,21). The van der Waals surface area contributed by atoms with E-state index in [9.17, 15) is 19.3 Å². The van der Waals surface area contributed by atoms with E-state index in [1.54, 1.807) is 0 Å². The lowest BCUT2D eigenvalue weighted by Crippen LogP contribution is -2.06. The Bertz CT molecular complexity index is 988. The van der Waals surface area contributed by atoms with Crippen LogP contribution in [0.25, 0.3) is 11.0 Å². The van der Waals surface area contributed by atoms with Crippen LogP contribution in [0.5, 0.6) is 11.5 Å². The molecule has 0 saturated heterocycles. The first-order valence-electron chi connectivity index (χ1n) is 6.39. The number of fused-ring (bicyclic) bond motifs is 1. The Hall–Kier alpha value is -2.76. The van der Waals surface area contributed by atoms with Crippen molar-refractivity contribution in [3.05, 3.63) is 56.2 Å². The highest BCUT2D eigenvalue weighted by molar-refractivity contribution is 14.1. The number of benzene rings is 1. The topological polar surface area (TPSA) is 107 Å². The summed E-state index contributed by atoms with van der Waals surface area (Å²) >= 11 is 1.92. The largest absolute Gasteiger partial charge is 0.464 e. The van der Waals surface area contributed by atoms with E-state index in [4.69, 9.17) is 9.84 Å². The van der Waals surface area contributed by atoms with Gasteiger partial charge in [0.05, 0.1) is 16.4 Å². The number of pyridine rings is 1. The number of aromatic nitrogens is 2. The van der Waals surface area contributed by atoms with Gasteiger partial charge in [0.2, 0.25) is 0 Å². The van der Waals surface area contributed by atoms with Crippen molar-refractivity contribution in [2.45, 2.75) is 0 Å². The molecule has 10 heteroatoms. The van der Waals surface area contributed by atoms with Gasteiger partial charge in [0.1, 0.15) is 5.75 Å². The summed E-state index contributed by atoms with van der Waals surface area (Å²) in [5, 5.41) is 20.2. The minimum absolute atomic E-state index is 0.145. The van der Waals surface area contributed by atoms with E-state index >= 15 is 0 Å². The molecular weight excluding hydrogens is 436 g/mol. The second-order valence-electron chi connectivity index (χ2n) is 4.61. The predicted octanol–water partition coefficient (Wildman–Crippen LogP) is 4.01. The molecule has 8 nitrogen and oxygen atoms in total. The zero-order chi connectivity index (χ0) is 17.4. The first-order valence-corrected chi connectivity index (χ1v) is 7.47. The van der Waals surface area contributed by atoms with Crippen molar-refractivity contribution in [3.8, 4) is 11.5 Å². The van der Waals surface area contributed by atoms with Crippen LogP contribution >= 0.6 is 22.6 Å². The van der Waals surface area contributed by atoms with Crippen molar-refractivity contribution in [2.24, 2.45) is 0 Å². The van der Waals surface area contributed by atoms with Crippen LogP contribution in [0, 0.1) is 19.5 Å². The number of non-ortho nitro benzene ring substituents is 1. The molecule has 0 aliphatic rings. The van der Waals surface area contributed by atoms with Gasteiger partial charge in [-0.3, -0.25) is 10.1 Å². The highest BCUT2D eigenvalue weighted by Crippen LogP contribution is 2.34. The van der Waals surface area contributed by atoms with Crippen LogP contribution in [-0.2, 0) is 0 Å². The fraction of sp³-hybridized carbons (Fsp3) is 0. The van der Waals surface area contributed by atoms with E-state index in [0.29, 0.717) is 8.96 Å². The molecule has 1 aromatic carbocycles. The fourth-order valence-electron chi connectivity index (χ4n) is 2.12. The molecule has 0 amide bonds. The molecule has 0 aliphatic carbocycles. The van der Waals surface area contributed by atoms with Crippen molar-refractivity contribution in [3.63, 3.8) is 0 Å². The highest BCUT2D eigenvalue weighted by atomic mass is 127. The third kappa shape index (κ3) is 2.75. The maximum Gasteiger partial charge on any atom is 0.417 e. The van der Waals surface area contributed by atoms with Crippen LogP contribution in [0.4, 0.5) is 14.9 Å². The number of ether oxygens (including phenoxy) is 1. The number of rotatable bonds is 3. The lowest BCUT2D eigenvalue weighted by Gasteiger charge is -2.08. The van der Waals surface area contributed by atoms with Gasteiger partial charge >= 0.3 is 6.09 Å². The quantitative estimate of drug-likeness (QED) is 0.373. The Kier molecular flexibility index (Phi) is 4.05. The van der Waals surface area contributed by atoms with Gasteiger partial charge in [-0.05, 0) is 34.7 Å². The maximum atomic E-state index is 14.0. The van der Waals surface area contributed by atoms with Gasteiger partial charge in [0.15, 0.2) is 17.2 Å². The molecule has 1 N–H and O–H groups in total. The highest BCUT2D eigenvalue weighted by Gasteiger charge is 2.18. The van der Waals surface area contributed by atoms with Gasteiger partial charge in [0, 0.05) is 22.0 Å². The van der Waals surface area contributed by atoms with E-state index < -0.39 is 22.5 Å². The number of carbonyl (C=O) groups is 1. The normalized spacial score (nSPS) is 10.8. The lowest BCUT2D eigenvalue weighted by atomic mass is 10.3. The molecule has 2 aromatic heterocycles. The maximum absolute atomic E-state index is 14.0. The number of nitrogens with zero attached hydrogens (tertiary/aromatic N) is 3. The third-order valence-corrected chi connectivity index (χ3v) is 3.97. The van der Waals surface area contributed by atoms with Crippen molar-refractivity contribution >= 4 is 45.4 Å². The molecule has 0 bridgehead atoms. The van der Waals surface area contributed by atoms with Gasteiger partial charge in [-0.1, -0.05) is 0 Å². The summed E-state index contributed by atoms with van der Waals surface area (Å²) in [6, 6.07) is 4.46. The molecule has 0 aliphatic heterocycles. The van der Waals surface area contributed by atoms with E-state index in [1.807, 2.05) is 22.6 Å². The Morgan fingerprint density at radius 3 is 2.75 bits per heavy atom. The molecule has 0 radical (unpaired) electrons. The van der Waals surface area contributed by atoms with Crippen LogP contribution in [-0.4, -0.2) is 25.7 Å². The van der Waals surface area contributed by atoms with Crippen LogP contribution < -0.4 is 4.74 Å². The Balaban J connectivity index is 2.08. The summed E-state index contributed by atoms with van der Waals surface area (Å²) in [6.45, 7) is 0.